The molecule has 5 heteroatoms. The summed E-state index contributed by atoms with van der Waals surface area (Å²) >= 11 is 0. The maximum atomic E-state index is 11.3. The Labute approximate surface area is 92.9 Å². The Morgan fingerprint density at radius 3 is 3.19 bits per heavy atom. The van der Waals surface area contributed by atoms with Crippen molar-refractivity contribution in [2.45, 2.75) is 19.8 Å². The molecule has 0 aromatic carbocycles. The van der Waals surface area contributed by atoms with Crippen LogP contribution in [0, 0.1) is 0 Å². The summed E-state index contributed by atoms with van der Waals surface area (Å²) in [5.74, 6) is 0.611. The van der Waals surface area contributed by atoms with E-state index in [1.807, 2.05) is 12.1 Å². The predicted molar refractivity (Wildman–Crippen MR) is 63.6 cm³/mol. The van der Waals surface area contributed by atoms with E-state index < -0.39 is 0 Å². The molecule has 0 atom stereocenters. The van der Waals surface area contributed by atoms with Crippen molar-refractivity contribution in [3.63, 3.8) is 0 Å². The first-order chi connectivity index (χ1) is 7.81. The van der Waals surface area contributed by atoms with Gasteiger partial charge in [0.2, 0.25) is 0 Å². The summed E-state index contributed by atoms with van der Waals surface area (Å²) in [6, 6.07) is 3.72. The lowest BCUT2D eigenvalue weighted by atomic mass is 10.3. The number of hydrogen-bond donors (Lipinski definition) is 2. The summed E-state index contributed by atoms with van der Waals surface area (Å²) in [6.45, 7) is 2.93. The van der Waals surface area contributed by atoms with E-state index in [0.29, 0.717) is 11.5 Å². The monoisotopic (exact) mass is 218 g/mol. The van der Waals surface area contributed by atoms with Crippen LogP contribution in [0.2, 0.25) is 0 Å². The van der Waals surface area contributed by atoms with E-state index in [9.17, 15) is 4.79 Å². The molecule has 2 heterocycles. The molecule has 2 aromatic rings. The summed E-state index contributed by atoms with van der Waals surface area (Å²) in [5, 5.41) is 4.00. The Kier molecular flexibility index (Phi) is 3.14. The van der Waals surface area contributed by atoms with Crippen LogP contribution < -0.4 is 11.0 Å². The number of nitrogens with zero attached hydrogens (tertiary/aromatic N) is 2. The van der Waals surface area contributed by atoms with Crippen molar-refractivity contribution >= 4 is 16.9 Å². The predicted octanol–water partition coefficient (Wildman–Crippen LogP) is 1.53. The average molecular weight is 218 g/mol. The number of H-pyrrole nitrogens is 1. The van der Waals surface area contributed by atoms with Crippen LogP contribution in [0.15, 0.2) is 23.1 Å². The van der Waals surface area contributed by atoms with Gasteiger partial charge in [0, 0.05) is 12.7 Å². The van der Waals surface area contributed by atoms with Gasteiger partial charge in [-0.3, -0.25) is 4.98 Å². The summed E-state index contributed by atoms with van der Waals surface area (Å²) < 4.78 is 0. The standard InChI is InChI=1S/C11H14N4O/c1-2-3-6-12-9-8-5-4-7-13-10(8)15-11(16)14-9/h4-5,7H,2-3,6H2,1H3,(H2,12,13,14,15,16). The van der Waals surface area contributed by atoms with E-state index in [2.05, 4.69) is 27.2 Å². The number of fused-ring (bicyclic) bond motifs is 1. The first kappa shape index (κ1) is 10.6. The third-order valence-corrected chi connectivity index (χ3v) is 2.32. The van der Waals surface area contributed by atoms with Crippen LogP contribution in [0.1, 0.15) is 19.8 Å². The summed E-state index contributed by atoms with van der Waals surface area (Å²) in [6.07, 6.45) is 3.80. The van der Waals surface area contributed by atoms with E-state index in [1.165, 1.54) is 0 Å². The van der Waals surface area contributed by atoms with Crippen molar-refractivity contribution in [3.05, 3.63) is 28.8 Å². The maximum Gasteiger partial charge on any atom is 0.348 e. The Morgan fingerprint density at radius 2 is 2.38 bits per heavy atom. The molecule has 0 saturated heterocycles. The number of hydrogen-bond acceptors (Lipinski definition) is 4. The number of anilines is 1. The van der Waals surface area contributed by atoms with Crippen LogP contribution in [0.4, 0.5) is 5.82 Å². The van der Waals surface area contributed by atoms with E-state index in [4.69, 9.17) is 0 Å². The molecule has 0 unspecified atom stereocenters. The smallest absolute Gasteiger partial charge is 0.348 e. The molecule has 0 fully saturated rings. The Morgan fingerprint density at radius 1 is 1.50 bits per heavy atom. The molecule has 84 valence electrons. The number of aromatic nitrogens is 3. The van der Waals surface area contributed by atoms with Gasteiger partial charge >= 0.3 is 5.69 Å². The first-order valence-electron chi connectivity index (χ1n) is 5.40. The lowest BCUT2D eigenvalue weighted by Crippen LogP contribution is -2.15. The number of pyridine rings is 1. The van der Waals surface area contributed by atoms with Gasteiger partial charge in [-0.2, -0.15) is 4.98 Å². The molecule has 0 amide bonds. The lowest BCUT2D eigenvalue weighted by Gasteiger charge is -2.06. The van der Waals surface area contributed by atoms with Crippen molar-refractivity contribution in [3.8, 4) is 0 Å². The minimum Gasteiger partial charge on any atom is -0.369 e. The first-order valence-corrected chi connectivity index (χ1v) is 5.40. The van der Waals surface area contributed by atoms with E-state index >= 15 is 0 Å². The molecule has 0 aliphatic carbocycles. The van der Waals surface area contributed by atoms with E-state index in [0.717, 1.165) is 24.8 Å². The second-order valence-electron chi connectivity index (χ2n) is 3.57. The zero-order valence-electron chi connectivity index (χ0n) is 9.16. The van der Waals surface area contributed by atoms with Gasteiger partial charge < -0.3 is 5.32 Å². The third-order valence-electron chi connectivity index (χ3n) is 2.32. The zero-order valence-corrected chi connectivity index (χ0v) is 9.16. The normalized spacial score (nSPS) is 10.6. The molecule has 0 saturated carbocycles. The Bertz CT molecular complexity index is 535. The molecule has 0 aliphatic rings. The highest BCUT2D eigenvalue weighted by atomic mass is 16.1. The highest BCUT2D eigenvalue weighted by Gasteiger charge is 2.03. The van der Waals surface area contributed by atoms with Gasteiger partial charge in [-0.1, -0.05) is 13.3 Å². The molecule has 2 rings (SSSR count). The number of nitrogens with one attached hydrogen (secondary N) is 2. The molecule has 16 heavy (non-hydrogen) atoms. The largest absolute Gasteiger partial charge is 0.369 e. The quantitative estimate of drug-likeness (QED) is 0.763. The maximum absolute atomic E-state index is 11.3. The molecular weight excluding hydrogens is 204 g/mol. The number of unbranched alkanes of at least 4 members (excludes halogenated alkanes) is 1. The van der Waals surface area contributed by atoms with Crippen molar-refractivity contribution in [1.82, 2.24) is 15.0 Å². The molecule has 5 nitrogen and oxygen atoms in total. The Balaban J connectivity index is 2.38. The van der Waals surface area contributed by atoms with Crippen LogP contribution in [0.3, 0.4) is 0 Å². The van der Waals surface area contributed by atoms with Crippen molar-refractivity contribution in [2.75, 3.05) is 11.9 Å². The second-order valence-corrected chi connectivity index (χ2v) is 3.57. The second kappa shape index (κ2) is 4.74. The zero-order chi connectivity index (χ0) is 11.4. The highest BCUT2D eigenvalue weighted by molar-refractivity contribution is 5.85. The summed E-state index contributed by atoms with van der Waals surface area (Å²) in [4.78, 5) is 21.9. The van der Waals surface area contributed by atoms with Crippen LogP contribution in [-0.4, -0.2) is 21.5 Å². The molecule has 0 radical (unpaired) electrons. The van der Waals surface area contributed by atoms with Crippen LogP contribution in [0.25, 0.3) is 11.0 Å². The molecule has 0 spiro atoms. The average Bonchev–Trinajstić information content (AvgIpc) is 2.29. The molecule has 2 N–H and O–H groups in total. The van der Waals surface area contributed by atoms with Gasteiger partial charge in [0.1, 0.15) is 11.5 Å². The third kappa shape index (κ3) is 2.18. The number of rotatable bonds is 4. The van der Waals surface area contributed by atoms with Crippen molar-refractivity contribution < 1.29 is 0 Å². The number of aromatic amines is 1. The van der Waals surface area contributed by atoms with E-state index in [-0.39, 0.29) is 5.69 Å². The fourth-order valence-electron chi connectivity index (χ4n) is 1.51. The topological polar surface area (TPSA) is 70.7 Å². The van der Waals surface area contributed by atoms with E-state index in [1.54, 1.807) is 6.20 Å². The highest BCUT2D eigenvalue weighted by Crippen LogP contribution is 2.14. The SMILES string of the molecule is CCCCNc1nc(=O)[nH]c2ncccc12. The van der Waals surface area contributed by atoms with Gasteiger partial charge in [0.25, 0.3) is 0 Å². The molecule has 0 aliphatic heterocycles. The van der Waals surface area contributed by atoms with Crippen molar-refractivity contribution in [1.29, 1.82) is 0 Å². The van der Waals surface area contributed by atoms with Crippen LogP contribution in [0.5, 0.6) is 0 Å². The van der Waals surface area contributed by atoms with Gasteiger partial charge in [-0.15, -0.1) is 0 Å². The van der Waals surface area contributed by atoms with Crippen LogP contribution >= 0.6 is 0 Å². The fourth-order valence-corrected chi connectivity index (χ4v) is 1.51. The Hall–Kier alpha value is -1.91. The minimum atomic E-state index is -0.370. The van der Waals surface area contributed by atoms with Gasteiger partial charge in [0.15, 0.2) is 0 Å². The fraction of sp³-hybridized carbons (Fsp3) is 0.364. The molecular formula is C11H14N4O. The van der Waals surface area contributed by atoms with Gasteiger partial charge in [-0.05, 0) is 18.6 Å². The van der Waals surface area contributed by atoms with Gasteiger partial charge in [-0.25, -0.2) is 9.78 Å². The van der Waals surface area contributed by atoms with Crippen molar-refractivity contribution in [2.24, 2.45) is 0 Å². The minimum absolute atomic E-state index is 0.370. The van der Waals surface area contributed by atoms with Gasteiger partial charge in [0.05, 0.1) is 5.39 Å². The molecule has 0 bridgehead atoms. The summed E-state index contributed by atoms with van der Waals surface area (Å²) in [5.41, 5.74) is 0.201. The molecule has 2 aromatic heterocycles. The van der Waals surface area contributed by atoms with Crippen LogP contribution in [-0.2, 0) is 0 Å². The lowest BCUT2D eigenvalue weighted by molar-refractivity contribution is 0.830. The summed E-state index contributed by atoms with van der Waals surface area (Å²) in [7, 11) is 0.